The van der Waals surface area contributed by atoms with Crippen LogP contribution in [0.15, 0.2) is 6.33 Å². The Bertz CT molecular complexity index is 736. The van der Waals surface area contributed by atoms with Crippen LogP contribution in [0.25, 0.3) is 10.2 Å². The molecule has 1 aliphatic carbocycles. The smallest absolute Gasteiger partial charge is 0.209 e. The van der Waals surface area contributed by atoms with Gasteiger partial charge in [0.05, 0.1) is 24.0 Å². The molecule has 2 saturated heterocycles. The SMILES string of the molecule is Clc1ncnc2sc3c(c12)CCCC3.O=CN1CC2(COC2)C1. The normalized spacial score (nSPS) is 21.0. The fourth-order valence-electron chi connectivity index (χ4n) is 3.51. The quantitative estimate of drug-likeness (QED) is 0.585. The second-order valence-corrected chi connectivity index (χ2v) is 8.00. The molecule has 0 saturated carbocycles. The second-order valence-electron chi connectivity index (χ2n) is 6.56. The fraction of sp³-hybridized carbons (Fsp3) is 0.562. The zero-order valence-electron chi connectivity index (χ0n) is 12.8. The number of hydrogen-bond acceptors (Lipinski definition) is 5. The van der Waals surface area contributed by atoms with Crippen molar-refractivity contribution in [1.82, 2.24) is 14.9 Å². The van der Waals surface area contributed by atoms with Crippen molar-refractivity contribution in [3.63, 3.8) is 0 Å². The van der Waals surface area contributed by atoms with Gasteiger partial charge in [0.25, 0.3) is 0 Å². The summed E-state index contributed by atoms with van der Waals surface area (Å²) in [5.74, 6) is 0. The van der Waals surface area contributed by atoms with Crippen LogP contribution in [-0.2, 0) is 22.4 Å². The zero-order valence-corrected chi connectivity index (χ0v) is 14.3. The van der Waals surface area contributed by atoms with Crippen molar-refractivity contribution < 1.29 is 9.53 Å². The lowest BCUT2D eigenvalue weighted by molar-refractivity contribution is -0.188. The summed E-state index contributed by atoms with van der Waals surface area (Å²) in [6.45, 7) is 3.54. The molecule has 2 aromatic heterocycles. The summed E-state index contributed by atoms with van der Waals surface area (Å²) in [6.07, 6.45) is 7.35. The van der Waals surface area contributed by atoms with Gasteiger partial charge in [-0.15, -0.1) is 11.3 Å². The molecule has 5 nitrogen and oxygen atoms in total. The van der Waals surface area contributed by atoms with E-state index in [4.69, 9.17) is 16.3 Å². The first-order valence-electron chi connectivity index (χ1n) is 7.89. The molecule has 5 rings (SSSR count). The molecule has 2 aliphatic heterocycles. The van der Waals surface area contributed by atoms with E-state index in [1.165, 1.54) is 29.7 Å². The number of rotatable bonds is 1. The van der Waals surface area contributed by atoms with E-state index in [1.54, 1.807) is 22.6 Å². The number of fused-ring (bicyclic) bond motifs is 3. The summed E-state index contributed by atoms with van der Waals surface area (Å²) in [7, 11) is 0. The molecule has 3 aliphatic rings. The van der Waals surface area contributed by atoms with Gasteiger partial charge in [-0.05, 0) is 31.2 Å². The maximum Gasteiger partial charge on any atom is 0.209 e. The number of nitrogens with zero attached hydrogens (tertiary/aromatic N) is 3. The second kappa shape index (κ2) is 6.00. The lowest BCUT2D eigenvalue weighted by Gasteiger charge is -2.53. The van der Waals surface area contributed by atoms with Crippen molar-refractivity contribution in [2.45, 2.75) is 25.7 Å². The van der Waals surface area contributed by atoms with Crippen LogP contribution in [0.4, 0.5) is 0 Å². The minimum absolute atomic E-state index is 0.390. The molecule has 0 atom stereocenters. The molecule has 0 aromatic carbocycles. The van der Waals surface area contributed by atoms with Gasteiger partial charge in [0, 0.05) is 18.0 Å². The number of aromatic nitrogens is 2. The molecule has 0 N–H and O–H groups in total. The average molecular weight is 352 g/mol. The maximum atomic E-state index is 10.1. The minimum atomic E-state index is 0.390. The van der Waals surface area contributed by atoms with Crippen molar-refractivity contribution in [2.75, 3.05) is 26.3 Å². The van der Waals surface area contributed by atoms with E-state index in [-0.39, 0.29) is 0 Å². The number of aryl methyl sites for hydroxylation is 2. The van der Waals surface area contributed by atoms with Gasteiger partial charge in [0.1, 0.15) is 16.3 Å². The first-order chi connectivity index (χ1) is 11.2. The summed E-state index contributed by atoms with van der Waals surface area (Å²) in [5, 5.41) is 1.73. The van der Waals surface area contributed by atoms with Gasteiger partial charge in [0.15, 0.2) is 0 Å². The summed E-state index contributed by atoms with van der Waals surface area (Å²) >= 11 is 7.87. The average Bonchev–Trinajstić information content (AvgIpc) is 2.85. The first-order valence-corrected chi connectivity index (χ1v) is 9.08. The van der Waals surface area contributed by atoms with Crippen LogP contribution in [-0.4, -0.2) is 47.6 Å². The van der Waals surface area contributed by atoms with Gasteiger partial charge in [-0.2, -0.15) is 0 Å². The number of ether oxygens (including phenoxy) is 1. The fourth-order valence-corrected chi connectivity index (χ4v) is 5.05. The number of amides is 1. The number of halogens is 1. The third-order valence-corrected chi connectivity index (χ3v) is 6.23. The largest absolute Gasteiger partial charge is 0.380 e. The number of hydrogen-bond donors (Lipinski definition) is 0. The third-order valence-electron chi connectivity index (χ3n) is 4.75. The van der Waals surface area contributed by atoms with Crippen molar-refractivity contribution in [3.05, 3.63) is 21.9 Å². The van der Waals surface area contributed by atoms with E-state index in [9.17, 15) is 4.79 Å². The van der Waals surface area contributed by atoms with Crippen molar-refractivity contribution in [3.8, 4) is 0 Å². The monoisotopic (exact) mass is 351 g/mol. The molecule has 1 spiro atoms. The highest BCUT2D eigenvalue weighted by Crippen LogP contribution is 2.38. The third kappa shape index (κ3) is 2.73. The number of carbonyl (C=O) groups excluding carboxylic acids is 1. The molecule has 2 fully saturated rings. The molecule has 2 aromatic rings. The van der Waals surface area contributed by atoms with E-state index in [2.05, 4.69) is 9.97 Å². The van der Waals surface area contributed by atoms with Gasteiger partial charge in [-0.1, -0.05) is 11.6 Å². The molecular weight excluding hydrogens is 334 g/mol. The van der Waals surface area contributed by atoms with Gasteiger partial charge in [0.2, 0.25) is 6.41 Å². The Morgan fingerprint density at radius 3 is 2.74 bits per heavy atom. The molecular formula is C16H18ClN3O2S. The lowest BCUT2D eigenvalue weighted by Crippen LogP contribution is -2.65. The molecule has 0 unspecified atom stereocenters. The Morgan fingerprint density at radius 1 is 1.26 bits per heavy atom. The van der Waals surface area contributed by atoms with Crippen LogP contribution in [0.2, 0.25) is 5.15 Å². The standard InChI is InChI=1S/C10H9ClN2S.C6H9NO2/c11-9-8-6-3-1-2-4-7(6)14-10(8)13-5-12-9;8-5-7-1-6(2-7)3-9-4-6/h5H,1-4H2;5H,1-4H2. The molecule has 23 heavy (non-hydrogen) atoms. The summed E-state index contributed by atoms with van der Waals surface area (Å²) in [6, 6.07) is 0. The predicted octanol–water partition coefficient (Wildman–Crippen LogP) is 2.70. The lowest BCUT2D eigenvalue weighted by atomic mass is 9.78. The van der Waals surface area contributed by atoms with E-state index in [1.807, 2.05) is 0 Å². The van der Waals surface area contributed by atoms with Crippen molar-refractivity contribution in [1.29, 1.82) is 0 Å². The Labute approximate surface area is 143 Å². The van der Waals surface area contributed by atoms with Gasteiger partial charge >= 0.3 is 0 Å². The molecule has 7 heteroatoms. The highest BCUT2D eigenvalue weighted by atomic mass is 35.5. The van der Waals surface area contributed by atoms with Crippen LogP contribution in [0.3, 0.4) is 0 Å². The Hall–Kier alpha value is -1.24. The van der Waals surface area contributed by atoms with Crippen LogP contribution in [0.5, 0.6) is 0 Å². The number of carbonyl (C=O) groups is 1. The maximum absolute atomic E-state index is 10.1. The highest BCUT2D eigenvalue weighted by molar-refractivity contribution is 7.19. The molecule has 122 valence electrons. The topological polar surface area (TPSA) is 55.3 Å². The highest BCUT2D eigenvalue weighted by Gasteiger charge is 2.48. The zero-order chi connectivity index (χ0) is 15.9. The first kappa shape index (κ1) is 15.3. The molecule has 1 amide bonds. The summed E-state index contributed by atoms with van der Waals surface area (Å²) in [5.41, 5.74) is 1.79. The summed E-state index contributed by atoms with van der Waals surface area (Å²) < 4.78 is 5.03. The van der Waals surface area contributed by atoms with Gasteiger partial charge < -0.3 is 9.64 Å². The van der Waals surface area contributed by atoms with Gasteiger partial charge in [-0.25, -0.2) is 9.97 Å². The van der Waals surface area contributed by atoms with Crippen LogP contribution in [0, 0.1) is 5.41 Å². The Morgan fingerprint density at radius 2 is 2.04 bits per heavy atom. The van der Waals surface area contributed by atoms with Crippen LogP contribution < -0.4 is 0 Å². The van der Waals surface area contributed by atoms with Crippen LogP contribution >= 0.6 is 22.9 Å². The van der Waals surface area contributed by atoms with Crippen molar-refractivity contribution in [2.24, 2.45) is 5.41 Å². The van der Waals surface area contributed by atoms with E-state index in [0.717, 1.165) is 49.4 Å². The van der Waals surface area contributed by atoms with Crippen LogP contribution in [0.1, 0.15) is 23.3 Å². The Balaban J connectivity index is 0.000000130. The van der Waals surface area contributed by atoms with E-state index >= 15 is 0 Å². The Kier molecular flexibility index (Phi) is 3.99. The summed E-state index contributed by atoms with van der Waals surface area (Å²) in [4.78, 5) is 22.7. The minimum Gasteiger partial charge on any atom is -0.380 e. The van der Waals surface area contributed by atoms with E-state index < -0.39 is 0 Å². The molecule has 4 heterocycles. The van der Waals surface area contributed by atoms with E-state index in [0.29, 0.717) is 10.6 Å². The van der Waals surface area contributed by atoms with Crippen molar-refractivity contribution >= 4 is 39.6 Å². The molecule has 0 radical (unpaired) electrons. The number of thiophene rings is 1. The van der Waals surface area contributed by atoms with Gasteiger partial charge in [-0.3, -0.25) is 4.79 Å². The molecule has 0 bridgehead atoms. The predicted molar refractivity (Wildman–Crippen MR) is 90.0 cm³/mol. The number of likely N-dealkylation sites (tertiary alicyclic amines) is 1.